The molecule has 2 heteroatoms. The molecular weight excluding hydrogens is 224 g/mol. The smallest absolute Gasteiger partial charge is 0.162 e. The molecule has 0 spiro atoms. The normalized spacial score (nSPS) is 22.7. The van der Waals surface area contributed by atoms with Crippen LogP contribution in [0.3, 0.4) is 0 Å². The standard InChI is InChI=1S/C16H16O2/c1-11(12-6-3-2-4-7-12)16-10-13-14(17)8-5-9-15(13)18-16/h2-4,6-7,16H,1,5,8-10H2. The van der Waals surface area contributed by atoms with Crippen LogP contribution in [0.5, 0.6) is 0 Å². The molecule has 1 unspecified atom stereocenters. The van der Waals surface area contributed by atoms with Gasteiger partial charge in [0.15, 0.2) is 5.78 Å². The Hall–Kier alpha value is -1.83. The van der Waals surface area contributed by atoms with Crippen LogP contribution in [0.2, 0.25) is 0 Å². The van der Waals surface area contributed by atoms with E-state index in [4.69, 9.17) is 4.74 Å². The summed E-state index contributed by atoms with van der Waals surface area (Å²) < 4.78 is 5.91. The van der Waals surface area contributed by atoms with E-state index in [0.29, 0.717) is 12.8 Å². The molecule has 0 aromatic heterocycles. The third-order valence-electron chi connectivity index (χ3n) is 3.69. The SMILES string of the molecule is C=C(c1ccccc1)C1CC2=C(CCCC2=O)O1. The molecule has 0 N–H and O–H groups in total. The first-order valence-electron chi connectivity index (χ1n) is 6.42. The number of carbonyl (C=O) groups excluding carboxylic acids is 1. The molecule has 1 aromatic carbocycles. The lowest BCUT2D eigenvalue weighted by Gasteiger charge is -2.16. The van der Waals surface area contributed by atoms with Crippen LogP contribution in [0, 0.1) is 0 Å². The number of ether oxygens (including phenoxy) is 1. The summed E-state index contributed by atoms with van der Waals surface area (Å²) in [4.78, 5) is 11.8. The molecule has 0 fully saturated rings. The van der Waals surface area contributed by atoms with Crippen molar-refractivity contribution in [2.75, 3.05) is 0 Å². The van der Waals surface area contributed by atoms with Crippen LogP contribution >= 0.6 is 0 Å². The minimum Gasteiger partial charge on any atom is -0.489 e. The lowest BCUT2D eigenvalue weighted by molar-refractivity contribution is -0.116. The van der Waals surface area contributed by atoms with Crippen LogP contribution in [-0.4, -0.2) is 11.9 Å². The summed E-state index contributed by atoms with van der Waals surface area (Å²) in [6.07, 6.45) is 3.13. The molecule has 0 saturated carbocycles. The monoisotopic (exact) mass is 240 g/mol. The van der Waals surface area contributed by atoms with Crippen molar-refractivity contribution in [3.63, 3.8) is 0 Å². The number of benzene rings is 1. The van der Waals surface area contributed by atoms with Gasteiger partial charge in [-0.15, -0.1) is 0 Å². The summed E-state index contributed by atoms with van der Waals surface area (Å²) >= 11 is 0. The first-order valence-corrected chi connectivity index (χ1v) is 6.42. The highest BCUT2D eigenvalue weighted by Gasteiger charge is 2.33. The number of rotatable bonds is 2. The van der Waals surface area contributed by atoms with Gasteiger partial charge in [-0.3, -0.25) is 4.79 Å². The number of ketones is 1. The van der Waals surface area contributed by atoms with Gasteiger partial charge in [0.2, 0.25) is 0 Å². The maximum atomic E-state index is 11.8. The van der Waals surface area contributed by atoms with Gasteiger partial charge in [-0.1, -0.05) is 36.9 Å². The zero-order chi connectivity index (χ0) is 12.5. The van der Waals surface area contributed by atoms with Crippen molar-refractivity contribution >= 4 is 11.4 Å². The summed E-state index contributed by atoms with van der Waals surface area (Å²) in [5.41, 5.74) is 2.97. The summed E-state index contributed by atoms with van der Waals surface area (Å²) in [5, 5.41) is 0. The van der Waals surface area contributed by atoms with E-state index >= 15 is 0 Å². The minimum absolute atomic E-state index is 0.0561. The minimum atomic E-state index is -0.0561. The third-order valence-corrected chi connectivity index (χ3v) is 3.69. The molecule has 1 aliphatic heterocycles. The molecule has 1 atom stereocenters. The van der Waals surface area contributed by atoms with Gasteiger partial charge in [-0.05, 0) is 17.6 Å². The molecule has 0 amide bonds. The lowest BCUT2D eigenvalue weighted by Crippen LogP contribution is -2.09. The van der Waals surface area contributed by atoms with Crippen molar-refractivity contribution in [2.45, 2.75) is 31.8 Å². The highest BCUT2D eigenvalue weighted by molar-refractivity contribution is 5.97. The molecule has 18 heavy (non-hydrogen) atoms. The van der Waals surface area contributed by atoms with E-state index < -0.39 is 0 Å². The molecule has 1 heterocycles. The number of hydrogen-bond donors (Lipinski definition) is 0. The second kappa shape index (κ2) is 4.45. The van der Waals surface area contributed by atoms with Gasteiger partial charge < -0.3 is 4.74 Å². The zero-order valence-corrected chi connectivity index (χ0v) is 10.3. The van der Waals surface area contributed by atoms with Crippen molar-refractivity contribution < 1.29 is 9.53 Å². The van der Waals surface area contributed by atoms with Crippen molar-refractivity contribution in [3.8, 4) is 0 Å². The Bertz CT molecular complexity index is 525. The number of Topliss-reactive ketones (excluding diaryl/α,β-unsaturated/α-hetero) is 1. The van der Waals surface area contributed by atoms with Crippen LogP contribution in [0.1, 0.15) is 31.2 Å². The molecule has 0 saturated heterocycles. The van der Waals surface area contributed by atoms with E-state index in [-0.39, 0.29) is 11.9 Å². The topological polar surface area (TPSA) is 26.3 Å². The fraction of sp³-hybridized carbons (Fsp3) is 0.312. The highest BCUT2D eigenvalue weighted by Crippen LogP contribution is 2.38. The average Bonchev–Trinajstić information content (AvgIpc) is 2.84. The lowest BCUT2D eigenvalue weighted by atomic mass is 9.92. The average molecular weight is 240 g/mol. The van der Waals surface area contributed by atoms with E-state index in [1.165, 1.54) is 0 Å². The maximum absolute atomic E-state index is 11.8. The Morgan fingerprint density at radius 1 is 1.22 bits per heavy atom. The predicted molar refractivity (Wildman–Crippen MR) is 70.9 cm³/mol. The predicted octanol–water partition coefficient (Wildman–Crippen LogP) is 3.50. The quantitative estimate of drug-likeness (QED) is 0.791. The highest BCUT2D eigenvalue weighted by atomic mass is 16.5. The summed E-state index contributed by atoms with van der Waals surface area (Å²) in [5.74, 6) is 1.17. The Morgan fingerprint density at radius 3 is 2.72 bits per heavy atom. The van der Waals surface area contributed by atoms with E-state index in [2.05, 4.69) is 6.58 Å². The van der Waals surface area contributed by atoms with Gasteiger partial charge in [0, 0.05) is 24.8 Å². The second-order valence-corrected chi connectivity index (χ2v) is 4.88. The molecule has 1 aliphatic carbocycles. The van der Waals surface area contributed by atoms with Crippen LogP contribution in [-0.2, 0) is 9.53 Å². The summed E-state index contributed by atoms with van der Waals surface area (Å²) in [6, 6.07) is 10.0. The molecule has 0 radical (unpaired) electrons. The van der Waals surface area contributed by atoms with E-state index in [1.54, 1.807) is 0 Å². The van der Waals surface area contributed by atoms with Crippen molar-refractivity contribution in [2.24, 2.45) is 0 Å². The Balaban J connectivity index is 1.78. The molecule has 1 aromatic rings. The van der Waals surface area contributed by atoms with Crippen LogP contribution < -0.4 is 0 Å². The molecule has 92 valence electrons. The van der Waals surface area contributed by atoms with Crippen molar-refractivity contribution in [1.82, 2.24) is 0 Å². The zero-order valence-electron chi connectivity index (χ0n) is 10.3. The first-order chi connectivity index (χ1) is 8.75. The molecule has 2 nitrogen and oxygen atoms in total. The largest absolute Gasteiger partial charge is 0.489 e. The molecular formula is C16H16O2. The van der Waals surface area contributed by atoms with Crippen LogP contribution in [0.4, 0.5) is 0 Å². The van der Waals surface area contributed by atoms with Crippen LogP contribution in [0.15, 0.2) is 48.2 Å². The Kier molecular flexibility index (Phi) is 2.78. The fourth-order valence-corrected chi connectivity index (χ4v) is 2.66. The Morgan fingerprint density at radius 2 is 2.00 bits per heavy atom. The molecule has 2 aliphatic rings. The van der Waals surface area contributed by atoms with E-state index in [1.807, 2.05) is 30.3 Å². The van der Waals surface area contributed by atoms with Gasteiger partial charge in [-0.2, -0.15) is 0 Å². The number of allylic oxidation sites excluding steroid dienone is 1. The van der Waals surface area contributed by atoms with Gasteiger partial charge in [0.1, 0.15) is 11.9 Å². The van der Waals surface area contributed by atoms with Gasteiger partial charge in [0.25, 0.3) is 0 Å². The van der Waals surface area contributed by atoms with Crippen LogP contribution in [0.25, 0.3) is 5.57 Å². The number of hydrogen-bond acceptors (Lipinski definition) is 2. The summed E-state index contributed by atoms with van der Waals surface area (Å²) in [6.45, 7) is 4.13. The van der Waals surface area contributed by atoms with Gasteiger partial charge >= 0.3 is 0 Å². The third kappa shape index (κ3) is 1.88. The fourth-order valence-electron chi connectivity index (χ4n) is 2.66. The number of carbonyl (C=O) groups is 1. The maximum Gasteiger partial charge on any atom is 0.162 e. The van der Waals surface area contributed by atoms with Gasteiger partial charge in [-0.25, -0.2) is 0 Å². The Labute approximate surface area is 107 Å². The van der Waals surface area contributed by atoms with E-state index in [0.717, 1.165) is 35.3 Å². The molecule has 3 rings (SSSR count). The van der Waals surface area contributed by atoms with Crippen molar-refractivity contribution in [1.29, 1.82) is 0 Å². The van der Waals surface area contributed by atoms with Gasteiger partial charge in [0.05, 0.1) is 0 Å². The molecule has 0 bridgehead atoms. The van der Waals surface area contributed by atoms with Crippen molar-refractivity contribution in [3.05, 3.63) is 53.8 Å². The first kappa shape index (κ1) is 11.3. The van der Waals surface area contributed by atoms with E-state index in [9.17, 15) is 4.79 Å². The summed E-state index contributed by atoms with van der Waals surface area (Å²) in [7, 11) is 0. The second-order valence-electron chi connectivity index (χ2n) is 4.88.